The third kappa shape index (κ3) is 17.6. The van der Waals surface area contributed by atoms with Crippen molar-refractivity contribution in [1.82, 2.24) is 29.3 Å². The molecule has 2 aliphatic rings. The summed E-state index contributed by atoms with van der Waals surface area (Å²) in [5.74, 6) is -8.93. The summed E-state index contributed by atoms with van der Waals surface area (Å²) in [7, 11) is -8.48. The number of nitro benzene ring substituents is 1. The van der Waals surface area contributed by atoms with Gasteiger partial charge in [0.05, 0.1) is 30.3 Å². The van der Waals surface area contributed by atoms with Crippen LogP contribution in [0.25, 0.3) is 0 Å². The van der Waals surface area contributed by atoms with Gasteiger partial charge in [0.1, 0.15) is 53.2 Å². The van der Waals surface area contributed by atoms with Crippen molar-refractivity contribution >= 4 is 44.8 Å². The lowest BCUT2D eigenvalue weighted by atomic mass is 10.1. The average molecular weight is 1200 g/mol. The molecule has 0 spiro atoms. The number of aromatic nitrogens is 4. The van der Waals surface area contributed by atoms with Gasteiger partial charge in [-0.1, -0.05) is 36.4 Å². The number of rotatable bonds is 21. The molecule has 0 radical (unpaired) electrons. The van der Waals surface area contributed by atoms with E-state index in [1.807, 2.05) is 0 Å². The second-order valence-electron chi connectivity index (χ2n) is 18.2. The number of hydrogen-bond acceptors (Lipinski definition) is 23. The van der Waals surface area contributed by atoms with Gasteiger partial charge in [0.25, 0.3) is 5.69 Å². The van der Waals surface area contributed by atoms with Gasteiger partial charge in [-0.3, -0.25) is 33.4 Å². The third-order valence-corrected chi connectivity index (χ3v) is 14.1. The molecule has 28 nitrogen and oxygen atoms in total. The molecule has 3 aromatic carbocycles. The van der Waals surface area contributed by atoms with Crippen LogP contribution < -0.4 is 46.6 Å². The SMILES string of the molecule is CC(C)OC(=O)[C@H](C)NP(=O)(OC[C@H]1O[C@@H](n2ccc(N)nc2=O)C(F)(F)[C@@H]1O)Oc1ccccc1.CC(C)OC(=O)[C@H](C)NP(=O)(Oc1ccccc1)Oc1ccc([N+](=O)[O-])cc1.Nc1ccn([C@@H]2O[C@H](CO)[C@@H](O)C2(F)F)c(=O)n1. The summed E-state index contributed by atoms with van der Waals surface area (Å²) < 4.78 is 127. The van der Waals surface area contributed by atoms with Crippen molar-refractivity contribution in [3.8, 4) is 17.2 Å². The average Bonchev–Trinajstić information content (AvgIpc) is 3.97. The normalized spacial score (nSPS) is 21.9. The summed E-state index contributed by atoms with van der Waals surface area (Å²) in [6.07, 6.45) is -10.9. The number of benzene rings is 3. The van der Waals surface area contributed by atoms with Gasteiger partial charge in [0.15, 0.2) is 12.2 Å². The highest BCUT2D eigenvalue weighted by atomic mass is 31.2. The molecular formula is C48H59F4N9O19P2. The summed E-state index contributed by atoms with van der Waals surface area (Å²) in [4.78, 5) is 64.6. The van der Waals surface area contributed by atoms with Crippen molar-refractivity contribution in [2.75, 3.05) is 24.7 Å². The molecule has 4 heterocycles. The number of non-ortho nitro benzene ring substituents is 1. The maximum atomic E-state index is 14.8. The number of ether oxygens (including phenoxy) is 4. The Bertz CT molecular complexity index is 3170. The highest BCUT2D eigenvalue weighted by molar-refractivity contribution is 7.52. The number of hydrogen-bond donors (Lipinski definition) is 7. The fourth-order valence-corrected chi connectivity index (χ4v) is 10.0. The van der Waals surface area contributed by atoms with Crippen LogP contribution in [-0.2, 0) is 42.2 Å². The van der Waals surface area contributed by atoms with Crippen molar-refractivity contribution in [2.24, 2.45) is 0 Å². The van der Waals surface area contributed by atoms with Gasteiger partial charge in [0, 0.05) is 24.5 Å². The number of aliphatic hydroxyl groups is 3. The van der Waals surface area contributed by atoms with Crippen LogP contribution in [0.2, 0.25) is 0 Å². The summed E-state index contributed by atoms with van der Waals surface area (Å²) in [5, 5.41) is 44.0. The van der Waals surface area contributed by atoms with Crippen LogP contribution in [-0.4, -0.2) is 125 Å². The summed E-state index contributed by atoms with van der Waals surface area (Å²) in [6, 6.07) is 21.1. The summed E-state index contributed by atoms with van der Waals surface area (Å²) >= 11 is 0. The van der Waals surface area contributed by atoms with E-state index in [9.17, 15) is 66.2 Å². The quantitative estimate of drug-likeness (QED) is 0.0173. The number of nitrogens with two attached hydrogens (primary N) is 2. The van der Waals surface area contributed by atoms with E-state index in [2.05, 4.69) is 20.1 Å². The van der Waals surface area contributed by atoms with Crippen LogP contribution in [0.5, 0.6) is 17.2 Å². The molecule has 2 aliphatic heterocycles. The van der Waals surface area contributed by atoms with Gasteiger partial charge in [-0.2, -0.15) is 37.7 Å². The molecule has 2 saturated heterocycles. The smallest absolute Gasteiger partial charge is 0.462 e. The lowest BCUT2D eigenvalue weighted by Crippen LogP contribution is -2.42. The monoisotopic (exact) mass is 1200 g/mol. The minimum absolute atomic E-state index is 0.0711. The van der Waals surface area contributed by atoms with Crippen molar-refractivity contribution in [3.05, 3.63) is 141 Å². The lowest BCUT2D eigenvalue weighted by Gasteiger charge is -2.25. The molecule has 82 heavy (non-hydrogen) atoms. The zero-order chi connectivity index (χ0) is 60.9. The summed E-state index contributed by atoms with van der Waals surface area (Å²) in [5.41, 5.74) is 8.33. The van der Waals surface area contributed by atoms with Gasteiger partial charge in [-0.05, 0) is 90.1 Å². The topological polar surface area (TPSA) is 392 Å². The highest BCUT2D eigenvalue weighted by Crippen LogP contribution is 2.49. The fraction of sp³-hybridized carbons (Fsp3) is 0.417. The molecule has 2 fully saturated rings. The minimum Gasteiger partial charge on any atom is -0.462 e. The minimum atomic E-state index is -4.41. The largest absolute Gasteiger partial charge is 0.513 e. The van der Waals surface area contributed by atoms with Gasteiger partial charge in [-0.25, -0.2) is 18.7 Å². The number of carbonyl (C=O) groups is 2. The Morgan fingerprint density at radius 3 is 1.43 bits per heavy atom. The molecule has 0 aliphatic carbocycles. The van der Waals surface area contributed by atoms with E-state index >= 15 is 0 Å². The Hall–Kier alpha value is -7.38. The Morgan fingerprint density at radius 1 is 0.671 bits per heavy atom. The van der Waals surface area contributed by atoms with E-state index < -0.39 is 124 Å². The number of para-hydroxylation sites is 2. The number of nitro groups is 1. The van der Waals surface area contributed by atoms with Crippen molar-refractivity contribution in [2.45, 2.75) is 115 Å². The maximum absolute atomic E-state index is 14.8. The number of alkyl halides is 4. The lowest BCUT2D eigenvalue weighted by molar-refractivity contribution is -0.384. The molecule has 0 saturated carbocycles. The number of halogens is 4. The number of esters is 2. The van der Waals surface area contributed by atoms with Crippen LogP contribution in [0.3, 0.4) is 0 Å². The molecule has 5 aromatic rings. The van der Waals surface area contributed by atoms with Gasteiger partial charge in [-0.15, -0.1) is 0 Å². The van der Waals surface area contributed by atoms with Crippen LogP contribution in [0.4, 0.5) is 34.9 Å². The molecule has 10 atom stereocenters. The first-order valence-electron chi connectivity index (χ1n) is 24.4. The highest BCUT2D eigenvalue weighted by Gasteiger charge is 2.61. The molecule has 0 amide bonds. The first-order chi connectivity index (χ1) is 38.4. The second-order valence-corrected chi connectivity index (χ2v) is 21.5. The van der Waals surface area contributed by atoms with Crippen molar-refractivity contribution in [3.63, 3.8) is 0 Å². The number of aliphatic hydroxyl groups excluding tert-OH is 3. The van der Waals surface area contributed by atoms with E-state index in [0.717, 1.165) is 24.5 Å². The van der Waals surface area contributed by atoms with E-state index in [-0.39, 0.29) is 40.7 Å². The van der Waals surface area contributed by atoms with Crippen molar-refractivity contribution in [1.29, 1.82) is 0 Å². The Labute approximate surface area is 463 Å². The number of nitrogens with one attached hydrogen (secondary N) is 2. The van der Waals surface area contributed by atoms with Crippen LogP contribution in [0.1, 0.15) is 54.0 Å². The maximum Gasteiger partial charge on any atom is 0.513 e. The first-order valence-corrected chi connectivity index (χ1v) is 27.4. The van der Waals surface area contributed by atoms with Crippen LogP contribution >= 0.6 is 15.5 Å². The zero-order valence-corrected chi connectivity index (χ0v) is 46.0. The standard InChI is InChI=1S/C21H27F2N4O8P.C18H21N2O7P.C9H11F2N3O4/c1-12(2)33-18(29)13(3)26-36(31,35-14-7-5-4-6-8-14)32-11-15-17(28)21(22,23)19(34-15)27-10-9-16(24)25-20(27)30;1-13(2)25-18(21)14(3)19-28(24,26-16-7-5-4-6-8-16)27-17-11-9-15(10-12-17)20(22)23;10-9(11)6(16)4(3-15)18-7(9)14-2-1-5(12)13-8(14)17/h4-10,12-13,15,17,19,28H,11H2,1-3H3,(H,26,31)(H2,24,25,30);4-14H,1-3H3,(H,19,24);1-2,4,6-7,15-16H,3H2,(H2,12,13,17)/t13-,15+,17+,19+,36?;14-,28?;4-,6-,7-/m001/s1. The Balaban J connectivity index is 0.000000238. The molecule has 7 rings (SSSR count). The fourth-order valence-electron chi connectivity index (χ4n) is 7.02. The number of anilines is 2. The van der Waals surface area contributed by atoms with Crippen molar-refractivity contribution < 1.29 is 93.6 Å². The Kier molecular flexibility index (Phi) is 22.4. The molecule has 2 unspecified atom stereocenters. The van der Waals surface area contributed by atoms with E-state index in [4.69, 9.17) is 53.6 Å². The molecule has 9 N–H and O–H groups in total. The molecule has 0 bridgehead atoms. The number of carbonyl (C=O) groups excluding carboxylic acids is 2. The Morgan fingerprint density at radius 2 is 1.05 bits per heavy atom. The van der Waals surface area contributed by atoms with E-state index in [1.165, 1.54) is 50.2 Å². The first kappa shape index (κ1) is 65.4. The number of nitrogen functional groups attached to an aromatic ring is 2. The van der Waals surface area contributed by atoms with Crippen LogP contribution in [0, 0.1) is 10.1 Å². The molecule has 2 aromatic heterocycles. The van der Waals surface area contributed by atoms with Gasteiger partial charge < -0.3 is 59.3 Å². The predicted octanol–water partition coefficient (Wildman–Crippen LogP) is 4.65. The summed E-state index contributed by atoms with van der Waals surface area (Å²) in [6.45, 7) is 7.80. The number of nitrogens with zero attached hydrogens (tertiary/aromatic N) is 5. The molecular weight excluding hydrogens is 1140 g/mol. The predicted molar refractivity (Wildman–Crippen MR) is 279 cm³/mol. The molecule has 448 valence electrons. The van der Waals surface area contributed by atoms with Gasteiger partial charge >= 0.3 is 50.7 Å². The van der Waals surface area contributed by atoms with Crippen LogP contribution in [0.15, 0.2) is 119 Å². The van der Waals surface area contributed by atoms with E-state index in [0.29, 0.717) is 9.13 Å². The zero-order valence-electron chi connectivity index (χ0n) is 44.3. The second kappa shape index (κ2) is 28.1. The van der Waals surface area contributed by atoms with E-state index in [1.54, 1.807) is 76.2 Å². The molecule has 34 heteroatoms. The third-order valence-electron chi connectivity index (χ3n) is 10.9. The van der Waals surface area contributed by atoms with Gasteiger partial charge in [0.2, 0.25) is 12.5 Å².